The number of halogens is 2. The van der Waals surface area contributed by atoms with E-state index in [2.05, 4.69) is 4.90 Å². The van der Waals surface area contributed by atoms with E-state index in [-0.39, 0.29) is 25.7 Å². The molecule has 1 aliphatic rings. The maximum Gasteiger partial charge on any atom is 0.305 e. The number of benzene rings is 1. The highest BCUT2D eigenvalue weighted by Gasteiger charge is 2.18. The molecule has 0 aliphatic carbocycles. The second kappa shape index (κ2) is 12.1. The zero-order chi connectivity index (χ0) is 20.4. The van der Waals surface area contributed by atoms with Gasteiger partial charge in [-0.15, -0.1) is 0 Å². The number of hydrogen-bond donors (Lipinski definition) is 1. The summed E-state index contributed by atoms with van der Waals surface area (Å²) in [7, 11) is 0. The van der Waals surface area contributed by atoms with E-state index in [1.807, 2.05) is 11.8 Å². The third-order valence-corrected chi connectivity index (χ3v) is 4.61. The number of carbonyl (C=O) groups excluding carboxylic acids is 1. The van der Waals surface area contributed by atoms with Crippen molar-refractivity contribution in [3.05, 3.63) is 35.4 Å². The van der Waals surface area contributed by atoms with Gasteiger partial charge in [0.15, 0.2) is 0 Å². The van der Waals surface area contributed by atoms with E-state index in [4.69, 9.17) is 9.47 Å². The molecule has 2 rings (SSSR count). The number of carbonyl (C=O) groups is 1. The number of morpholine rings is 1. The Morgan fingerprint density at radius 3 is 2.79 bits per heavy atom. The SMILES string of the molecule is CCCC(=O)OCC(O)CN(CCN1CCOCC1)Cc1ccc(F)cc1F. The second-order valence-electron chi connectivity index (χ2n) is 7.01. The normalized spacial score (nSPS) is 16.3. The quantitative estimate of drug-likeness (QED) is 0.572. The molecule has 28 heavy (non-hydrogen) atoms. The molecule has 0 bridgehead atoms. The minimum atomic E-state index is -0.881. The molecule has 1 saturated heterocycles. The molecule has 0 radical (unpaired) electrons. The van der Waals surface area contributed by atoms with Gasteiger partial charge in [-0.25, -0.2) is 8.78 Å². The lowest BCUT2D eigenvalue weighted by molar-refractivity contribution is -0.147. The van der Waals surface area contributed by atoms with E-state index >= 15 is 0 Å². The van der Waals surface area contributed by atoms with Crippen molar-refractivity contribution in [2.24, 2.45) is 0 Å². The van der Waals surface area contributed by atoms with Crippen molar-refractivity contribution in [3.63, 3.8) is 0 Å². The topological polar surface area (TPSA) is 62.2 Å². The fourth-order valence-corrected chi connectivity index (χ4v) is 3.05. The summed E-state index contributed by atoms with van der Waals surface area (Å²) in [6.45, 7) is 6.60. The fourth-order valence-electron chi connectivity index (χ4n) is 3.05. The predicted octanol–water partition coefficient (Wildman–Crippen LogP) is 1.80. The van der Waals surface area contributed by atoms with Gasteiger partial charge in [-0.3, -0.25) is 14.6 Å². The lowest BCUT2D eigenvalue weighted by atomic mass is 10.2. The molecule has 1 heterocycles. The molecule has 6 nitrogen and oxygen atoms in total. The second-order valence-corrected chi connectivity index (χ2v) is 7.01. The van der Waals surface area contributed by atoms with Crippen LogP contribution in [0.1, 0.15) is 25.3 Å². The standard InChI is InChI=1S/C20H30F2N2O4/c1-2-3-20(26)28-15-18(25)14-24(7-6-23-8-10-27-11-9-23)13-16-4-5-17(21)12-19(16)22/h4-5,12,18,25H,2-3,6-11,13-15H2,1H3. The number of aliphatic hydroxyl groups excluding tert-OH is 1. The highest BCUT2D eigenvalue weighted by molar-refractivity contribution is 5.69. The first kappa shape index (κ1) is 22.7. The highest BCUT2D eigenvalue weighted by Crippen LogP contribution is 2.13. The molecule has 1 unspecified atom stereocenters. The Balaban J connectivity index is 1.92. The van der Waals surface area contributed by atoms with Crippen LogP contribution in [0.25, 0.3) is 0 Å². The molecule has 1 aromatic rings. The Morgan fingerprint density at radius 1 is 1.36 bits per heavy atom. The van der Waals surface area contributed by atoms with E-state index in [1.54, 1.807) is 0 Å². The zero-order valence-electron chi connectivity index (χ0n) is 16.4. The van der Waals surface area contributed by atoms with E-state index in [0.717, 1.165) is 25.7 Å². The van der Waals surface area contributed by atoms with Gasteiger partial charge in [-0.05, 0) is 12.5 Å². The van der Waals surface area contributed by atoms with Crippen molar-refractivity contribution in [3.8, 4) is 0 Å². The smallest absolute Gasteiger partial charge is 0.305 e. The molecule has 1 fully saturated rings. The fraction of sp³-hybridized carbons (Fsp3) is 0.650. The van der Waals surface area contributed by atoms with Crippen LogP contribution in [-0.2, 0) is 20.8 Å². The van der Waals surface area contributed by atoms with Gasteiger partial charge in [0.05, 0.1) is 13.2 Å². The van der Waals surface area contributed by atoms with Gasteiger partial charge in [-0.2, -0.15) is 0 Å². The van der Waals surface area contributed by atoms with Crippen LogP contribution in [-0.4, -0.2) is 79.5 Å². The number of aliphatic hydroxyl groups is 1. The molecule has 1 aliphatic heterocycles. The summed E-state index contributed by atoms with van der Waals surface area (Å²) in [5.41, 5.74) is 0.360. The summed E-state index contributed by atoms with van der Waals surface area (Å²) in [5.74, 6) is -1.57. The number of hydrogen-bond acceptors (Lipinski definition) is 6. The average molecular weight is 400 g/mol. The summed E-state index contributed by atoms with van der Waals surface area (Å²) in [6.07, 6.45) is 0.118. The molecule has 0 spiro atoms. The van der Waals surface area contributed by atoms with Crippen LogP contribution < -0.4 is 0 Å². The Labute approximate surface area is 165 Å². The Morgan fingerprint density at radius 2 is 2.11 bits per heavy atom. The first-order valence-corrected chi connectivity index (χ1v) is 9.78. The van der Waals surface area contributed by atoms with Crippen molar-refractivity contribution < 1.29 is 28.2 Å². The Hall–Kier alpha value is -1.61. The van der Waals surface area contributed by atoms with Crippen LogP contribution in [0.15, 0.2) is 18.2 Å². The molecule has 8 heteroatoms. The Bertz CT molecular complexity index is 612. The first-order chi connectivity index (χ1) is 13.5. The van der Waals surface area contributed by atoms with Crippen LogP contribution in [0.3, 0.4) is 0 Å². The molecule has 1 atom stereocenters. The lowest BCUT2D eigenvalue weighted by Crippen LogP contribution is -2.43. The molecule has 0 saturated carbocycles. The van der Waals surface area contributed by atoms with E-state index < -0.39 is 17.7 Å². The molecular formula is C20H30F2N2O4. The van der Waals surface area contributed by atoms with Crippen molar-refractivity contribution in [2.75, 3.05) is 52.5 Å². The molecule has 1 N–H and O–H groups in total. The van der Waals surface area contributed by atoms with Gasteiger partial charge < -0.3 is 14.6 Å². The van der Waals surface area contributed by atoms with Gasteiger partial charge in [0.1, 0.15) is 24.3 Å². The molecule has 0 aromatic heterocycles. The minimum absolute atomic E-state index is 0.0984. The van der Waals surface area contributed by atoms with E-state index in [9.17, 15) is 18.7 Å². The van der Waals surface area contributed by atoms with E-state index in [0.29, 0.717) is 38.2 Å². The summed E-state index contributed by atoms with van der Waals surface area (Å²) >= 11 is 0. The number of esters is 1. The largest absolute Gasteiger partial charge is 0.463 e. The predicted molar refractivity (Wildman–Crippen MR) is 101 cm³/mol. The Kier molecular flexibility index (Phi) is 9.77. The van der Waals surface area contributed by atoms with Crippen molar-refractivity contribution in [2.45, 2.75) is 32.4 Å². The van der Waals surface area contributed by atoms with Gasteiger partial charge in [0.25, 0.3) is 0 Å². The summed E-state index contributed by atoms with van der Waals surface area (Å²) in [5, 5.41) is 10.3. The lowest BCUT2D eigenvalue weighted by Gasteiger charge is -2.31. The van der Waals surface area contributed by atoms with Crippen LogP contribution >= 0.6 is 0 Å². The maximum atomic E-state index is 14.1. The first-order valence-electron chi connectivity index (χ1n) is 9.78. The third kappa shape index (κ3) is 8.18. The van der Waals surface area contributed by atoms with Gasteiger partial charge >= 0.3 is 5.97 Å². The van der Waals surface area contributed by atoms with Crippen molar-refractivity contribution in [1.82, 2.24) is 9.80 Å². The number of rotatable bonds is 11. The molecule has 0 amide bonds. The van der Waals surface area contributed by atoms with Crippen molar-refractivity contribution in [1.29, 1.82) is 0 Å². The number of nitrogens with zero attached hydrogens (tertiary/aromatic N) is 2. The highest BCUT2D eigenvalue weighted by atomic mass is 19.1. The van der Waals surface area contributed by atoms with Crippen LogP contribution in [0.2, 0.25) is 0 Å². The average Bonchev–Trinajstić information content (AvgIpc) is 2.67. The third-order valence-electron chi connectivity index (χ3n) is 4.61. The van der Waals surface area contributed by atoms with Crippen LogP contribution in [0.4, 0.5) is 8.78 Å². The monoisotopic (exact) mass is 400 g/mol. The van der Waals surface area contributed by atoms with E-state index in [1.165, 1.54) is 12.1 Å². The minimum Gasteiger partial charge on any atom is -0.463 e. The molecule has 158 valence electrons. The van der Waals surface area contributed by atoms with Gasteiger partial charge in [0, 0.05) is 57.3 Å². The summed E-state index contributed by atoms with van der Waals surface area (Å²) in [4.78, 5) is 15.6. The number of ether oxygens (including phenoxy) is 2. The molecular weight excluding hydrogens is 370 g/mol. The zero-order valence-corrected chi connectivity index (χ0v) is 16.4. The van der Waals surface area contributed by atoms with Gasteiger partial charge in [0.2, 0.25) is 0 Å². The summed E-state index contributed by atoms with van der Waals surface area (Å²) < 4.78 is 37.6. The maximum absolute atomic E-state index is 14.1. The van der Waals surface area contributed by atoms with Crippen LogP contribution in [0, 0.1) is 11.6 Å². The molecule has 1 aromatic carbocycles. The van der Waals surface area contributed by atoms with Crippen LogP contribution in [0.5, 0.6) is 0 Å². The van der Waals surface area contributed by atoms with Gasteiger partial charge in [-0.1, -0.05) is 13.0 Å². The summed E-state index contributed by atoms with van der Waals surface area (Å²) in [6, 6.07) is 3.50. The van der Waals surface area contributed by atoms with Crippen molar-refractivity contribution >= 4 is 5.97 Å².